The number of rotatable bonds is 6. The van der Waals surface area contributed by atoms with Crippen LogP contribution in [-0.4, -0.2) is 52.1 Å². The van der Waals surface area contributed by atoms with Crippen molar-refractivity contribution in [1.82, 2.24) is 20.4 Å². The van der Waals surface area contributed by atoms with Crippen molar-refractivity contribution in [2.24, 2.45) is 0 Å². The summed E-state index contributed by atoms with van der Waals surface area (Å²) in [6.07, 6.45) is 0.716. The molecule has 1 aromatic carbocycles. The highest BCUT2D eigenvalue weighted by Gasteiger charge is 2.28. The monoisotopic (exact) mass is 412 g/mol. The van der Waals surface area contributed by atoms with E-state index in [-0.39, 0.29) is 29.1 Å². The number of aromatic amines is 1. The average Bonchev–Trinajstić information content (AvgIpc) is 2.74. The van der Waals surface area contributed by atoms with Gasteiger partial charge in [-0.05, 0) is 43.4 Å². The van der Waals surface area contributed by atoms with E-state index < -0.39 is 6.10 Å². The number of H-pyrrole nitrogens is 1. The highest BCUT2D eigenvalue weighted by Crippen LogP contribution is 2.27. The van der Waals surface area contributed by atoms with E-state index in [1.165, 1.54) is 12.1 Å². The molecule has 1 atom stereocenters. The molecule has 1 aliphatic heterocycles. The van der Waals surface area contributed by atoms with E-state index in [0.717, 1.165) is 11.3 Å². The number of amides is 2. The molecule has 1 aliphatic rings. The summed E-state index contributed by atoms with van der Waals surface area (Å²) < 4.78 is 5.98. The Balaban J connectivity index is 1.52. The Labute approximate surface area is 175 Å². The molecule has 2 heterocycles. The molecule has 3 rings (SSSR count). The molecule has 2 N–H and O–H groups in total. The predicted molar refractivity (Wildman–Crippen MR) is 113 cm³/mol. The van der Waals surface area contributed by atoms with E-state index in [0.29, 0.717) is 31.8 Å². The van der Waals surface area contributed by atoms with E-state index in [4.69, 9.17) is 4.74 Å². The highest BCUT2D eigenvalue weighted by atomic mass is 16.5. The van der Waals surface area contributed by atoms with Crippen LogP contribution >= 0.6 is 0 Å². The van der Waals surface area contributed by atoms with Crippen LogP contribution in [0, 0.1) is 0 Å². The minimum Gasteiger partial charge on any atom is -0.481 e. The highest BCUT2D eigenvalue weighted by molar-refractivity contribution is 5.92. The van der Waals surface area contributed by atoms with E-state index >= 15 is 0 Å². The van der Waals surface area contributed by atoms with Gasteiger partial charge in [-0.2, -0.15) is 5.10 Å². The molecule has 0 saturated carbocycles. The van der Waals surface area contributed by atoms with Gasteiger partial charge in [0.15, 0.2) is 6.10 Å². The molecule has 1 saturated heterocycles. The Hall–Kier alpha value is -3.16. The van der Waals surface area contributed by atoms with E-state index in [2.05, 4.69) is 29.4 Å². The van der Waals surface area contributed by atoms with E-state index in [1.807, 2.05) is 24.3 Å². The number of carbonyl (C=O) groups is 2. The molecule has 0 spiro atoms. The molecular formula is C22H28N4O4. The molecule has 8 heteroatoms. The first-order chi connectivity index (χ1) is 14.3. The molecule has 0 radical (unpaired) electrons. The molecule has 0 bridgehead atoms. The molecule has 2 amide bonds. The first kappa shape index (κ1) is 21.5. The maximum Gasteiger partial charge on any atom is 0.271 e. The third kappa shape index (κ3) is 5.25. The Morgan fingerprint density at radius 2 is 1.83 bits per heavy atom. The van der Waals surface area contributed by atoms with Gasteiger partial charge in [-0.3, -0.25) is 14.4 Å². The summed E-state index contributed by atoms with van der Waals surface area (Å²) in [6, 6.07) is 10.4. The van der Waals surface area contributed by atoms with Gasteiger partial charge in [-0.15, -0.1) is 0 Å². The van der Waals surface area contributed by atoms with Gasteiger partial charge in [0.2, 0.25) is 0 Å². The van der Waals surface area contributed by atoms with Crippen LogP contribution in [0.15, 0.2) is 41.2 Å². The van der Waals surface area contributed by atoms with Crippen molar-refractivity contribution in [3.63, 3.8) is 0 Å². The van der Waals surface area contributed by atoms with Crippen LogP contribution in [0.25, 0.3) is 0 Å². The van der Waals surface area contributed by atoms with Crippen LogP contribution in [0.5, 0.6) is 5.75 Å². The van der Waals surface area contributed by atoms with Gasteiger partial charge < -0.3 is 15.0 Å². The van der Waals surface area contributed by atoms with Gasteiger partial charge in [0.1, 0.15) is 11.4 Å². The Bertz CT molecular complexity index is 928. The van der Waals surface area contributed by atoms with Crippen molar-refractivity contribution in [2.45, 2.75) is 51.7 Å². The molecule has 1 aromatic heterocycles. The largest absolute Gasteiger partial charge is 0.481 e. The minimum absolute atomic E-state index is 0.0480. The number of ether oxygens (including phenoxy) is 1. The molecule has 1 unspecified atom stereocenters. The summed E-state index contributed by atoms with van der Waals surface area (Å²) in [5, 5.41) is 8.90. The van der Waals surface area contributed by atoms with Gasteiger partial charge >= 0.3 is 0 Å². The number of benzene rings is 1. The van der Waals surface area contributed by atoms with Crippen LogP contribution < -0.4 is 15.6 Å². The summed E-state index contributed by atoms with van der Waals surface area (Å²) in [6.45, 7) is 7.05. The molecule has 1 fully saturated rings. The number of nitrogens with one attached hydrogen (secondary N) is 2. The van der Waals surface area contributed by atoms with Crippen LogP contribution in [0.3, 0.4) is 0 Å². The summed E-state index contributed by atoms with van der Waals surface area (Å²) in [4.78, 5) is 37.9. The second-order valence-corrected chi connectivity index (χ2v) is 7.83. The van der Waals surface area contributed by atoms with Crippen molar-refractivity contribution >= 4 is 11.8 Å². The van der Waals surface area contributed by atoms with Gasteiger partial charge in [0.05, 0.1) is 0 Å². The second kappa shape index (κ2) is 9.56. The second-order valence-electron chi connectivity index (χ2n) is 7.83. The third-order valence-corrected chi connectivity index (χ3v) is 5.25. The summed E-state index contributed by atoms with van der Waals surface area (Å²) >= 11 is 0. The lowest BCUT2D eigenvalue weighted by Gasteiger charge is -2.34. The number of hydrogen-bond acceptors (Lipinski definition) is 5. The lowest BCUT2D eigenvalue weighted by molar-refractivity contribution is -0.139. The van der Waals surface area contributed by atoms with Crippen molar-refractivity contribution in [3.8, 4) is 5.75 Å². The number of hydrogen-bond donors (Lipinski definition) is 2. The molecular weight excluding hydrogens is 384 g/mol. The molecule has 2 aromatic rings. The van der Waals surface area contributed by atoms with Crippen LogP contribution in [0.2, 0.25) is 0 Å². The summed E-state index contributed by atoms with van der Waals surface area (Å²) in [7, 11) is 0. The first-order valence-corrected chi connectivity index (χ1v) is 10.3. The fourth-order valence-corrected chi connectivity index (χ4v) is 3.54. The van der Waals surface area contributed by atoms with E-state index in [1.54, 1.807) is 11.8 Å². The number of para-hydroxylation sites is 1. The van der Waals surface area contributed by atoms with E-state index in [9.17, 15) is 14.4 Å². The quantitative estimate of drug-likeness (QED) is 0.756. The standard InChI is InChI=1S/C22H28N4O4/c1-14(2)17-6-4-5-7-19(17)30-15(3)22(29)26-12-10-16(11-13-26)23-21(28)18-8-9-20(27)25-24-18/h4-9,14-16H,10-13H2,1-3H3,(H,23,28)(H,25,27). The van der Waals surface area contributed by atoms with Gasteiger partial charge in [-0.1, -0.05) is 32.0 Å². The zero-order valence-electron chi connectivity index (χ0n) is 17.6. The lowest BCUT2D eigenvalue weighted by atomic mass is 10.0. The average molecular weight is 412 g/mol. The Morgan fingerprint density at radius 3 is 2.47 bits per heavy atom. The summed E-state index contributed by atoms with van der Waals surface area (Å²) in [5.41, 5.74) is 0.888. The number of piperidine rings is 1. The molecule has 8 nitrogen and oxygen atoms in total. The molecule has 160 valence electrons. The Morgan fingerprint density at radius 1 is 1.13 bits per heavy atom. The van der Waals surface area contributed by atoms with Gasteiger partial charge in [-0.25, -0.2) is 5.10 Å². The number of likely N-dealkylation sites (tertiary alicyclic amines) is 1. The zero-order chi connectivity index (χ0) is 21.7. The molecule has 30 heavy (non-hydrogen) atoms. The van der Waals surface area contributed by atoms with Crippen molar-refractivity contribution in [2.75, 3.05) is 13.1 Å². The van der Waals surface area contributed by atoms with Gasteiger partial charge in [0, 0.05) is 25.2 Å². The fraction of sp³-hybridized carbons (Fsp3) is 0.455. The number of aromatic nitrogens is 2. The number of nitrogens with zero attached hydrogens (tertiary/aromatic N) is 2. The smallest absolute Gasteiger partial charge is 0.271 e. The molecule has 0 aliphatic carbocycles. The zero-order valence-corrected chi connectivity index (χ0v) is 17.6. The predicted octanol–water partition coefficient (Wildman–Crippen LogP) is 2.08. The lowest BCUT2D eigenvalue weighted by Crippen LogP contribution is -2.49. The third-order valence-electron chi connectivity index (χ3n) is 5.25. The fourth-order valence-electron chi connectivity index (χ4n) is 3.54. The van der Waals surface area contributed by atoms with Crippen molar-refractivity contribution in [1.29, 1.82) is 0 Å². The normalized spacial score (nSPS) is 15.7. The number of carbonyl (C=O) groups excluding carboxylic acids is 2. The van der Waals surface area contributed by atoms with Gasteiger partial charge in [0.25, 0.3) is 17.4 Å². The topological polar surface area (TPSA) is 104 Å². The Kier molecular flexibility index (Phi) is 6.87. The summed E-state index contributed by atoms with van der Waals surface area (Å²) in [5.74, 6) is 0.655. The minimum atomic E-state index is -0.582. The van der Waals surface area contributed by atoms with Crippen molar-refractivity contribution < 1.29 is 14.3 Å². The maximum atomic E-state index is 12.8. The first-order valence-electron chi connectivity index (χ1n) is 10.3. The van der Waals surface area contributed by atoms with Crippen molar-refractivity contribution in [3.05, 3.63) is 58.0 Å². The SMILES string of the molecule is CC(Oc1ccccc1C(C)C)C(=O)N1CCC(NC(=O)c2ccc(=O)[nH]n2)CC1. The van der Waals surface area contributed by atoms with Crippen LogP contribution in [0.4, 0.5) is 0 Å². The van der Waals surface area contributed by atoms with Crippen LogP contribution in [-0.2, 0) is 4.79 Å². The maximum absolute atomic E-state index is 12.8. The van der Waals surface area contributed by atoms with Crippen LogP contribution in [0.1, 0.15) is 55.6 Å².